The maximum absolute atomic E-state index is 13.4. The van der Waals surface area contributed by atoms with E-state index in [1.807, 2.05) is 13.8 Å². The summed E-state index contributed by atoms with van der Waals surface area (Å²) in [5.74, 6) is -0.580. The molecule has 0 atom stereocenters. The van der Waals surface area contributed by atoms with Crippen molar-refractivity contribution in [2.24, 2.45) is 11.3 Å². The second kappa shape index (κ2) is 11.2. The number of aromatic nitrogens is 2. The first-order chi connectivity index (χ1) is 16.2. The van der Waals surface area contributed by atoms with Crippen LogP contribution in [-0.2, 0) is 4.79 Å². The molecule has 1 saturated heterocycles. The normalized spacial score (nSPS) is 14.7. The molecule has 0 saturated carbocycles. The Kier molecular flexibility index (Phi) is 8.28. The first-order valence-corrected chi connectivity index (χ1v) is 11.2. The SMILES string of the molecule is CN1CCC(C(C)(C)C(=O)Nc2ccc(-c3cc(F)cc(F)c3)cn2)CC1.O=Cc1ccc[nH]1. The van der Waals surface area contributed by atoms with Crippen LogP contribution in [0.1, 0.15) is 37.2 Å². The van der Waals surface area contributed by atoms with Crippen LogP contribution in [0.15, 0.2) is 54.9 Å². The van der Waals surface area contributed by atoms with Gasteiger partial charge in [-0.15, -0.1) is 0 Å². The molecule has 1 amide bonds. The van der Waals surface area contributed by atoms with Gasteiger partial charge in [-0.3, -0.25) is 9.59 Å². The number of H-pyrrole nitrogens is 1. The Bertz CT molecular complexity index is 1070. The van der Waals surface area contributed by atoms with E-state index in [2.05, 4.69) is 27.2 Å². The lowest BCUT2D eigenvalue weighted by molar-refractivity contribution is -0.127. The van der Waals surface area contributed by atoms with Crippen LogP contribution in [-0.4, -0.2) is 47.2 Å². The van der Waals surface area contributed by atoms with Crippen LogP contribution in [0.4, 0.5) is 14.6 Å². The summed E-state index contributed by atoms with van der Waals surface area (Å²) in [6, 6.07) is 10.2. The molecule has 0 unspecified atom stereocenters. The van der Waals surface area contributed by atoms with Gasteiger partial charge in [0.1, 0.15) is 17.5 Å². The van der Waals surface area contributed by atoms with E-state index in [4.69, 9.17) is 0 Å². The van der Waals surface area contributed by atoms with Crippen molar-refractivity contribution in [1.82, 2.24) is 14.9 Å². The molecule has 4 rings (SSSR count). The number of piperidine rings is 1. The smallest absolute Gasteiger partial charge is 0.231 e. The van der Waals surface area contributed by atoms with Crippen LogP contribution >= 0.6 is 0 Å². The number of nitrogens with one attached hydrogen (secondary N) is 2. The molecule has 1 aliphatic heterocycles. The molecule has 0 spiro atoms. The quantitative estimate of drug-likeness (QED) is 0.507. The fraction of sp³-hybridized carbons (Fsp3) is 0.346. The number of nitrogens with zero attached hydrogens (tertiary/aromatic N) is 2. The third-order valence-electron chi connectivity index (χ3n) is 6.27. The molecule has 8 heteroatoms. The number of rotatable bonds is 5. The highest BCUT2D eigenvalue weighted by Gasteiger charge is 2.38. The van der Waals surface area contributed by atoms with Crippen LogP contribution in [0.3, 0.4) is 0 Å². The molecule has 2 N–H and O–H groups in total. The summed E-state index contributed by atoms with van der Waals surface area (Å²) in [6.45, 7) is 5.95. The number of aromatic amines is 1. The van der Waals surface area contributed by atoms with E-state index >= 15 is 0 Å². The van der Waals surface area contributed by atoms with Gasteiger partial charge in [-0.1, -0.05) is 13.8 Å². The van der Waals surface area contributed by atoms with Gasteiger partial charge in [-0.2, -0.15) is 0 Å². The molecule has 0 bridgehead atoms. The first kappa shape index (κ1) is 25.2. The van der Waals surface area contributed by atoms with Crippen LogP contribution in [0, 0.1) is 23.0 Å². The van der Waals surface area contributed by atoms with Crippen molar-refractivity contribution in [2.45, 2.75) is 26.7 Å². The van der Waals surface area contributed by atoms with Crippen molar-refractivity contribution >= 4 is 18.0 Å². The number of aldehydes is 1. The monoisotopic (exact) mass is 468 g/mol. The number of amides is 1. The zero-order valence-corrected chi connectivity index (χ0v) is 19.6. The van der Waals surface area contributed by atoms with E-state index in [1.54, 1.807) is 30.5 Å². The van der Waals surface area contributed by atoms with E-state index in [9.17, 15) is 18.4 Å². The van der Waals surface area contributed by atoms with Crippen molar-refractivity contribution in [3.63, 3.8) is 0 Å². The van der Waals surface area contributed by atoms with Gasteiger partial charge < -0.3 is 15.2 Å². The molecule has 3 heterocycles. The summed E-state index contributed by atoms with van der Waals surface area (Å²) in [5, 5.41) is 2.88. The number of likely N-dealkylation sites (tertiary alicyclic amines) is 1. The van der Waals surface area contributed by atoms with Gasteiger partial charge in [0.15, 0.2) is 6.29 Å². The summed E-state index contributed by atoms with van der Waals surface area (Å²) in [6.07, 6.45) is 5.99. The Labute approximate surface area is 198 Å². The minimum atomic E-state index is -0.637. The lowest BCUT2D eigenvalue weighted by Crippen LogP contribution is -2.43. The van der Waals surface area contributed by atoms with Gasteiger partial charge in [0.05, 0.1) is 5.69 Å². The maximum Gasteiger partial charge on any atom is 0.231 e. The number of carbonyl (C=O) groups excluding carboxylic acids is 2. The van der Waals surface area contributed by atoms with Gasteiger partial charge >= 0.3 is 0 Å². The van der Waals surface area contributed by atoms with E-state index in [0.717, 1.165) is 38.3 Å². The van der Waals surface area contributed by atoms with E-state index in [0.29, 0.717) is 28.6 Å². The zero-order chi connectivity index (χ0) is 24.7. The summed E-state index contributed by atoms with van der Waals surface area (Å²) in [7, 11) is 2.10. The van der Waals surface area contributed by atoms with Crippen LogP contribution in [0.5, 0.6) is 0 Å². The predicted octanol–water partition coefficient (Wildman–Crippen LogP) is 5.16. The van der Waals surface area contributed by atoms with Crippen molar-refractivity contribution in [3.8, 4) is 11.1 Å². The number of halogens is 2. The molecule has 1 aliphatic rings. The van der Waals surface area contributed by atoms with Gasteiger partial charge in [0, 0.05) is 29.4 Å². The van der Waals surface area contributed by atoms with Crippen LogP contribution < -0.4 is 5.32 Å². The largest absolute Gasteiger partial charge is 0.359 e. The third kappa shape index (κ3) is 6.57. The lowest BCUT2D eigenvalue weighted by Gasteiger charge is -2.38. The van der Waals surface area contributed by atoms with Crippen LogP contribution in [0.2, 0.25) is 0 Å². The van der Waals surface area contributed by atoms with Crippen molar-refractivity contribution in [2.75, 3.05) is 25.5 Å². The average Bonchev–Trinajstić information content (AvgIpc) is 3.34. The highest BCUT2D eigenvalue weighted by Crippen LogP contribution is 2.35. The van der Waals surface area contributed by atoms with Crippen molar-refractivity contribution in [3.05, 3.63) is 72.2 Å². The highest BCUT2D eigenvalue weighted by molar-refractivity contribution is 5.94. The van der Waals surface area contributed by atoms with Gasteiger partial charge in [0.2, 0.25) is 5.91 Å². The number of carbonyl (C=O) groups is 2. The van der Waals surface area contributed by atoms with Gasteiger partial charge in [-0.05, 0) is 80.9 Å². The van der Waals surface area contributed by atoms with Crippen molar-refractivity contribution in [1.29, 1.82) is 0 Å². The molecule has 0 aliphatic carbocycles. The highest BCUT2D eigenvalue weighted by atomic mass is 19.1. The van der Waals surface area contributed by atoms with E-state index in [1.165, 1.54) is 18.3 Å². The second-order valence-corrected chi connectivity index (χ2v) is 9.09. The Morgan fingerprint density at radius 2 is 1.79 bits per heavy atom. The number of benzene rings is 1. The average molecular weight is 469 g/mol. The fourth-order valence-corrected chi connectivity index (χ4v) is 3.97. The molecule has 180 valence electrons. The number of hydrogen-bond donors (Lipinski definition) is 2. The summed E-state index contributed by atoms with van der Waals surface area (Å²) < 4.78 is 26.8. The molecule has 6 nitrogen and oxygen atoms in total. The molecule has 2 aromatic heterocycles. The molecule has 3 aromatic rings. The Balaban J connectivity index is 0.000000396. The molecule has 1 aromatic carbocycles. The minimum absolute atomic E-state index is 0.0610. The molecule has 1 fully saturated rings. The zero-order valence-electron chi connectivity index (χ0n) is 19.6. The standard InChI is InChI=1S/C21H25F2N3O.C5H5NO/c1-21(2,16-6-8-26(3)9-7-16)20(27)25-19-5-4-14(13-24-19)15-10-17(22)12-18(23)11-15;7-4-5-2-1-3-6-5/h4-5,10-13,16H,6-9H2,1-3H3,(H,24,25,27);1-4,6H. The second-order valence-electron chi connectivity index (χ2n) is 9.09. The third-order valence-corrected chi connectivity index (χ3v) is 6.27. The Morgan fingerprint density at radius 3 is 2.29 bits per heavy atom. The van der Waals surface area contributed by atoms with E-state index < -0.39 is 17.0 Å². The summed E-state index contributed by atoms with van der Waals surface area (Å²) in [5.41, 5.74) is 1.12. The maximum atomic E-state index is 13.4. The van der Waals surface area contributed by atoms with Crippen molar-refractivity contribution < 1.29 is 18.4 Å². The number of pyridine rings is 1. The van der Waals surface area contributed by atoms with Gasteiger partial charge in [0.25, 0.3) is 0 Å². The molecular weight excluding hydrogens is 438 g/mol. The fourth-order valence-electron chi connectivity index (χ4n) is 3.97. The Hall–Kier alpha value is -3.39. The van der Waals surface area contributed by atoms with E-state index in [-0.39, 0.29) is 5.91 Å². The number of hydrogen-bond acceptors (Lipinski definition) is 4. The predicted molar refractivity (Wildman–Crippen MR) is 128 cm³/mol. The first-order valence-electron chi connectivity index (χ1n) is 11.2. The minimum Gasteiger partial charge on any atom is -0.359 e. The molecule has 34 heavy (non-hydrogen) atoms. The Morgan fingerprint density at radius 1 is 1.12 bits per heavy atom. The molecule has 0 radical (unpaired) electrons. The lowest BCUT2D eigenvalue weighted by atomic mass is 9.73. The summed E-state index contributed by atoms with van der Waals surface area (Å²) in [4.78, 5) is 31.9. The summed E-state index contributed by atoms with van der Waals surface area (Å²) >= 11 is 0. The topological polar surface area (TPSA) is 78.1 Å². The number of anilines is 1. The molecular formula is C26H30F2N4O2. The van der Waals surface area contributed by atoms with Gasteiger partial charge in [-0.25, -0.2) is 13.8 Å². The van der Waals surface area contributed by atoms with Crippen LogP contribution in [0.25, 0.3) is 11.1 Å².